The third-order valence-electron chi connectivity index (χ3n) is 4.34. The van der Waals surface area contributed by atoms with E-state index >= 15 is 0 Å². The van der Waals surface area contributed by atoms with Crippen LogP contribution in [0.4, 0.5) is 8.78 Å². The van der Waals surface area contributed by atoms with Gasteiger partial charge >= 0.3 is 6.43 Å². The van der Waals surface area contributed by atoms with Crippen molar-refractivity contribution in [2.24, 2.45) is 0 Å². The second-order valence-corrected chi connectivity index (χ2v) is 6.36. The van der Waals surface area contributed by atoms with Gasteiger partial charge in [-0.15, -0.1) is 0 Å². The number of carbonyl (C=O) groups excluding carboxylic acids is 1. The second kappa shape index (κ2) is 7.22. The molecule has 2 heterocycles. The van der Waals surface area contributed by atoms with E-state index in [0.717, 1.165) is 18.4 Å². The number of carbonyl (C=O) groups is 1. The Morgan fingerprint density at radius 2 is 2.00 bits per heavy atom. The van der Waals surface area contributed by atoms with Crippen molar-refractivity contribution in [3.05, 3.63) is 65.8 Å². The first-order chi connectivity index (χ1) is 13.1. The molecule has 0 aliphatic heterocycles. The number of hydrogen-bond acceptors (Lipinski definition) is 5. The molecule has 138 valence electrons. The summed E-state index contributed by atoms with van der Waals surface area (Å²) in [6.45, 7) is 0.502. The first kappa shape index (κ1) is 17.3. The molecule has 8 heteroatoms. The van der Waals surface area contributed by atoms with Gasteiger partial charge in [0.1, 0.15) is 0 Å². The Hall–Kier alpha value is -3.16. The molecule has 3 aromatic rings. The van der Waals surface area contributed by atoms with Crippen LogP contribution in [-0.4, -0.2) is 32.0 Å². The van der Waals surface area contributed by atoms with Crippen LogP contribution in [0.25, 0.3) is 11.4 Å². The second-order valence-electron chi connectivity index (χ2n) is 6.36. The molecule has 1 saturated carbocycles. The highest BCUT2D eigenvalue weighted by Crippen LogP contribution is 2.30. The van der Waals surface area contributed by atoms with Gasteiger partial charge in [-0.05, 0) is 36.6 Å². The first-order valence-electron chi connectivity index (χ1n) is 8.54. The van der Waals surface area contributed by atoms with Crippen LogP contribution < -0.4 is 0 Å². The minimum absolute atomic E-state index is 0.0682. The van der Waals surface area contributed by atoms with E-state index in [1.54, 1.807) is 36.7 Å². The van der Waals surface area contributed by atoms with Crippen LogP contribution >= 0.6 is 0 Å². The molecule has 1 aliphatic rings. The van der Waals surface area contributed by atoms with E-state index < -0.39 is 12.3 Å². The Morgan fingerprint density at radius 3 is 2.59 bits per heavy atom. The lowest BCUT2D eigenvalue weighted by Crippen LogP contribution is -2.32. The van der Waals surface area contributed by atoms with Crippen molar-refractivity contribution in [2.45, 2.75) is 31.9 Å². The zero-order valence-corrected chi connectivity index (χ0v) is 14.3. The van der Waals surface area contributed by atoms with Crippen LogP contribution in [0, 0.1) is 0 Å². The minimum atomic E-state index is -2.81. The number of hydrogen-bond donors (Lipinski definition) is 0. The molecular weight excluding hydrogens is 354 g/mol. The maximum absolute atomic E-state index is 12.9. The normalized spacial score (nSPS) is 13.7. The third-order valence-corrected chi connectivity index (χ3v) is 4.34. The van der Waals surface area contributed by atoms with Crippen LogP contribution in [0.15, 0.2) is 53.3 Å². The van der Waals surface area contributed by atoms with Gasteiger partial charge in [-0.3, -0.25) is 9.78 Å². The average molecular weight is 370 g/mol. The zero-order chi connectivity index (χ0) is 18.8. The van der Waals surface area contributed by atoms with Crippen molar-refractivity contribution in [1.29, 1.82) is 0 Å². The van der Waals surface area contributed by atoms with Gasteiger partial charge in [-0.2, -0.15) is 13.8 Å². The largest absolute Gasteiger partial charge is 0.333 e. The summed E-state index contributed by atoms with van der Waals surface area (Å²) in [4.78, 5) is 22.5. The number of alkyl halides is 2. The van der Waals surface area contributed by atoms with E-state index in [0.29, 0.717) is 17.7 Å². The van der Waals surface area contributed by atoms with E-state index in [1.165, 1.54) is 0 Å². The van der Waals surface area contributed by atoms with Crippen LogP contribution in [0.2, 0.25) is 0 Å². The Bertz CT molecular complexity index is 924. The molecule has 1 aromatic carbocycles. The van der Waals surface area contributed by atoms with Crippen molar-refractivity contribution in [1.82, 2.24) is 20.0 Å². The summed E-state index contributed by atoms with van der Waals surface area (Å²) in [6, 6.07) is 10.6. The molecule has 1 amide bonds. The van der Waals surface area contributed by atoms with E-state index in [-0.39, 0.29) is 17.8 Å². The highest BCUT2D eigenvalue weighted by atomic mass is 19.3. The summed E-state index contributed by atoms with van der Waals surface area (Å²) in [7, 11) is 0. The molecular formula is C19H16F2N4O2. The average Bonchev–Trinajstić information content (AvgIpc) is 3.41. The molecule has 1 aliphatic carbocycles. The van der Waals surface area contributed by atoms with Crippen molar-refractivity contribution in [3.8, 4) is 11.4 Å². The predicted octanol–water partition coefficient (Wildman–Crippen LogP) is 3.87. The summed E-state index contributed by atoms with van der Waals surface area (Å²) >= 11 is 0. The number of rotatable bonds is 6. The summed E-state index contributed by atoms with van der Waals surface area (Å²) in [5.41, 5.74) is 2.00. The molecule has 27 heavy (non-hydrogen) atoms. The molecule has 0 saturated heterocycles. The Balaban J connectivity index is 1.52. The SMILES string of the molecule is O=C(c1ccc(-c2noc(C(F)F)n2)cc1)N(Cc1cccnc1)C1CC1. The van der Waals surface area contributed by atoms with Crippen LogP contribution in [-0.2, 0) is 6.54 Å². The monoisotopic (exact) mass is 370 g/mol. The van der Waals surface area contributed by atoms with Gasteiger partial charge in [-0.1, -0.05) is 23.4 Å². The Kier molecular flexibility index (Phi) is 4.62. The number of pyridine rings is 1. The summed E-state index contributed by atoms with van der Waals surface area (Å²) in [6.07, 6.45) is 2.62. The van der Waals surface area contributed by atoms with Gasteiger partial charge < -0.3 is 9.42 Å². The van der Waals surface area contributed by atoms with Gasteiger partial charge in [-0.25, -0.2) is 0 Å². The van der Waals surface area contributed by atoms with Gasteiger partial charge in [0.25, 0.3) is 11.8 Å². The smallest absolute Gasteiger partial charge is 0.315 e. The van der Waals surface area contributed by atoms with Gasteiger partial charge in [0.2, 0.25) is 5.82 Å². The quantitative estimate of drug-likeness (QED) is 0.659. The predicted molar refractivity (Wildman–Crippen MR) is 91.8 cm³/mol. The molecule has 0 atom stereocenters. The number of benzene rings is 1. The third kappa shape index (κ3) is 3.84. The first-order valence-corrected chi connectivity index (χ1v) is 8.54. The summed E-state index contributed by atoms with van der Waals surface area (Å²) in [5, 5.41) is 3.54. The molecule has 0 spiro atoms. The fraction of sp³-hybridized carbons (Fsp3) is 0.263. The van der Waals surface area contributed by atoms with Crippen LogP contribution in [0.3, 0.4) is 0 Å². The topological polar surface area (TPSA) is 72.1 Å². The molecule has 4 rings (SSSR count). The standard InChI is InChI=1S/C19H16F2N4O2/c20-16(21)18-23-17(24-27-18)13-3-5-14(6-4-13)19(26)25(15-7-8-15)11-12-2-1-9-22-10-12/h1-6,9-10,15-16H,7-8,11H2. The maximum Gasteiger partial charge on any atom is 0.315 e. The maximum atomic E-state index is 12.9. The lowest BCUT2D eigenvalue weighted by atomic mass is 10.1. The summed E-state index contributed by atoms with van der Waals surface area (Å²) in [5.74, 6) is -0.727. The lowest BCUT2D eigenvalue weighted by Gasteiger charge is -2.22. The zero-order valence-electron chi connectivity index (χ0n) is 14.3. The van der Waals surface area contributed by atoms with Gasteiger partial charge in [0.15, 0.2) is 0 Å². The minimum Gasteiger partial charge on any atom is -0.333 e. The Labute approximate surface area is 153 Å². The highest BCUT2D eigenvalue weighted by Gasteiger charge is 2.33. The molecule has 0 bridgehead atoms. The molecule has 0 radical (unpaired) electrons. The van der Waals surface area contributed by atoms with Crippen molar-refractivity contribution >= 4 is 5.91 Å². The molecule has 0 unspecified atom stereocenters. The number of aromatic nitrogens is 3. The van der Waals surface area contributed by atoms with E-state index in [1.807, 2.05) is 17.0 Å². The number of nitrogens with zero attached hydrogens (tertiary/aromatic N) is 4. The van der Waals surface area contributed by atoms with Crippen molar-refractivity contribution in [3.63, 3.8) is 0 Å². The number of amides is 1. The lowest BCUT2D eigenvalue weighted by molar-refractivity contribution is 0.0729. The fourth-order valence-electron chi connectivity index (χ4n) is 2.81. The molecule has 2 aromatic heterocycles. The van der Waals surface area contributed by atoms with E-state index in [9.17, 15) is 13.6 Å². The summed E-state index contributed by atoms with van der Waals surface area (Å²) < 4.78 is 29.6. The van der Waals surface area contributed by atoms with Crippen molar-refractivity contribution < 1.29 is 18.1 Å². The van der Waals surface area contributed by atoms with Gasteiger partial charge in [0, 0.05) is 36.1 Å². The molecule has 1 fully saturated rings. The Morgan fingerprint density at radius 1 is 1.22 bits per heavy atom. The number of halogens is 2. The van der Waals surface area contributed by atoms with Crippen LogP contribution in [0.1, 0.15) is 41.1 Å². The highest BCUT2D eigenvalue weighted by molar-refractivity contribution is 5.95. The van der Waals surface area contributed by atoms with Crippen LogP contribution in [0.5, 0.6) is 0 Å². The van der Waals surface area contributed by atoms with E-state index in [4.69, 9.17) is 0 Å². The van der Waals surface area contributed by atoms with Gasteiger partial charge in [0.05, 0.1) is 0 Å². The van der Waals surface area contributed by atoms with E-state index in [2.05, 4.69) is 19.6 Å². The molecule has 6 nitrogen and oxygen atoms in total. The molecule has 0 N–H and O–H groups in total. The van der Waals surface area contributed by atoms with Crippen molar-refractivity contribution in [2.75, 3.05) is 0 Å². The fourth-order valence-corrected chi connectivity index (χ4v) is 2.81.